The molecule has 8 unspecified atom stereocenters. The Balaban J connectivity index is 2.63. The van der Waals surface area contributed by atoms with Crippen molar-refractivity contribution in [2.45, 2.75) is 333 Å². The van der Waals surface area contributed by atoms with Crippen molar-refractivity contribution in [2.24, 2.45) is 0 Å². The van der Waals surface area contributed by atoms with Gasteiger partial charge in [-0.3, -0.25) is 9.59 Å². The van der Waals surface area contributed by atoms with Gasteiger partial charge < -0.3 is 45.1 Å². The summed E-state index contributed by atoms with van der Waals surface area (Å²) in [5.74, 6) is -1.21. The van der Waals surface area contributed by atoms with Crippen molar-refractivity contribution in [3.63, 3.8) is 0 Å². The fourth-order valence-corrected chi connectivity index (χ4v) is 10.1. The van der Waals surface area contributed by atoms with Crippen molar-refractivity contribution < 1.29 is 49.3 Å². The van der Waals surface area contributed by atoms with Crippen molar-refractivity contribution in [2.75, 3.05) is 13.2 Å². The number of amides is 1. The van der Waals surface area contributed by atoms with E-state index in [4.69, 9.17) is 14.2 Å². The lowest BCUT2D eigenvalue weighted by Gasteiger charge is -2.41. The number of nitrogens with one attached hydrogen (secondary N) is 1. The number of ether oxygens (including phenoxy) is 3. The number of esters is 1. The maximum atomic E-state index is 13.4. The van der Waals surface area contributed by atoms with Gasteiger partial charge in [-0.05, 0) is 77.0 Å². The molecule has 8 atom stereocenters. The molecule has 1 aliphatic heterocycles. The van der Waals surface area contributed by atoms with Crippen LogP contribution in [0.3, 0.4) is 0 Å². The first-order valence-corrected chi connectivity index (χ1v) is 33.4. The van der Waals surface area contributed by atoms with Gasteiger partial charge in [0.25, 0.3) is 0 Å². The van der Waals surface area contributed by atoms with Gasteiger partial charge in [0.2, 0.25) is 5.91 Å². The minimum Gasteiger partial charge on any atom is -0.454 e. The molecule has 11 heteroatoms. The van der Waals surface area contributed by atoms with Crippen LogP contribution >= 0.6 is 0 Å². The SMILES string of the molecule is CC/C=C\C/C=C\C/C=C\C/C=C\C/C=C\C/C=C\CCCCCCCCC(=O)OC1C(OCC(NC(=O)C(O)CCCCCCCCCCCCCCCC)C(O)/C=C/CCCCCCCCCCCCC)OC(CO)C(O)C1O. The zero-order valence-corrected chi connectivity index (χ0v) is 51.9. The minimum absolute atomic E-state index is 0.104. The molecule has 1 heterocycles. The molecule has 0 aliphatic carbocycles. The molecule has 6 N–H and O–H groups in total. The van der Waals surface area contributed by atoms with Crippen molar-refractivity contribution >= 4 is 11.9 Å². The third kappa shape index (κ3) is 45.0. The summed E-state index contributed by atoms with van der Waals surface area (Å²) in [5.41, 5.74) is 0. The van der Waals surface area contributed by atoms with Crippen LogP contribution in [0.4, 0.5) is 0 Å². The standard InChI is InChI=1S/C70H123NO10/c1-4-7-10-13-16-19-22-25-27-28-29-30-31-32-33-34-35-36-37-40-43-46-49-52-55-58-65(75)81-68-67(77)66(76)64(59-72)80-70(68)79-60-61(62(73)56-53-50-47-44-41-38-24-21-18-15-12-9-6-3)71-69(78)63(74)57-54-51-48-45-42-39-26-23-20-17-14-11-8-5-2/h7,10,16,19,25,27,29-30,32-33,35-36,53,56,61-64,66-68,70,72-74,76-77H,4-6,8-9,11-15,17-18,20-24,26,28,31,34,37-52,54-55,57-60H2,1-3H3,(H,71,78)/b10-7-,19-16-,27-25-,30-29-,33-32-,36-35-,56-53+. The van der Waals surface area contributed by atoms with Gasteiger partial charge in [-0.15, -0.1) is 0 Å². The van der Waals surface area contributed by atoms with Crippen LogP contribution in [-0.2, 0) is 23.8 Å². The molecule has 0 bridgehead atoms. The number of hydrogen-bond donors (Lipinski definition) is 6. The molecule has 0 radical (unpaired) electrons. The predicted octanol–water partition coefficient (Wildman–Crippen LogP) is 16.5. The third-order valence-corrected chi connectivity index (χ3v) is 15.3. The van der Waals surface area contributed by atoms with Crippen LogP contribution < -0.4 is 5.32 Å². The van der Waals surface area contributed by atoms with Crippen molar-refractivity contribution in [1.29, 1.82) is 0 Å². The van der Waals surface area contributed by atoms with E-state index in [1.54, 1.807) is 6.08 Å². The molecule has 0 spiro atoms. The van der Waals surface area contributed by atoms with E-state index in [9.17, 15) is 35.1 Å². The van der Waals surface area contributed by atoms with Crippen LogP contribution in [0.5, 0.6) is 0 Å². The second kappa shape index (κ2) is 57.3. The Kier molecular flexibility index (Phi) is 53.6. The molecule has 1 aliphatic rings. The maximum Gasteiger partial charge on any atom is 0.306 e. The molecule has 1 amide bonds. The first-order valence-electron chi connectivity index (χ1n) is 33.4. The molecule has 468 valence electrons. The highest BCUT2D eigenvalue weighted by atomic mass is 16.7. The van der Waals surface area contributed by atoms with Crippen molar-refractivity contribution in [1.82, 2.24) is 5.32 Å². The molecule has 1 saturated heterocycles. The Hall–Kier alpha value is -3.16. The molecule has 0 aromatic rings. The summed E-state index contributed by atoms with van der Waals surface area (Å²) in [4.78, 5) is 26.6. The van der Waals surface area contributed by atoms with Crippen LogP contribution in [0.25, 0.3) is 0 Å². The van der Waals surface area contributed by atoms with E-state index in [1.807, 2.05) is 6.08 Å². The summed E-state index contributed by atoms with van der Waals surface area (Å²) in [6, 6.07) is -1.03. The Morgan fingerprint density at radius 1 is 0.494 bits per heavy atom. The van der Waals surface area contributed by atoms with E-state index in [0.29, 0.717) is 19.3 Å². The summed E-state index contributed by atoms with van der Waals surface area (Å²) in [5, 5.41) is 57.1. The summed E-state index contributed by atoms with van der Waals surface area (Å²) >= 11 is 0. The Bertz CT molecular complexity index is 1640. The van der Waals surface area contributed by atoms with Crippen LogP contribution in [0.2, 0.25) is 0 Å². The van der Waals surface area contributed by atoms with E-state index in [0.717, 1.165) is 116 Å². The number of unbranched alkanes of at least 4 members (excludes halogenated alkanes) is 30. The Morgan fingerprint density at radius 3 is 1.33 bits per heavy atom. The quantitative estimate of drug-likeness (QED) is 0.0195. The van der Waals surface area contributed by atoms with Gasteiger partial charge in [-0.1, -0.05) is 286 Å². The number of hydrogen-bond acceptors (Lipinski definition) is 10. The highest BCUT2D eigenvalue weighted by Gasteiger charge is 2.47. The molecule has 0 saturated carbocycles. The third-order valence-electron chi connectivity index (χ3n) is 15.3. The number of carbonyl (C=O) groups excluding carboxylic acids is 2. The number of aliphatic hydroxyl groups is 5. The first-order chi connectivity index (χ1) is 39.7. The highest BCUT2D eigenvalue weighted by Crippen LogP contribution is 2.26. The summed E-state index contributed by atoms with van der Waals surface area (Å²) in [6.45, 7) is 5.68. The molecule has 1 fully saturated rings. The fourth-order valence-electron chi connectivity index (χ4n) is 10.1. The topological polar surface area (TPSA) is 175 Å². The molecule has 11 nitrogen and oxygen atoms in total. The van der Waals surface area contributed by atoms with Gasteiger partial charge in [-0.25, -0.2) is 0 Å². The first kappa shape index (κ1) is 75.9. The molecule has 0 aromatic heterocycles. The normalized spacial score (nSPS) is 19.2. The second-order valence-corrected chi connectivity index (χ2v) is 22.8. The lowest BCUT2D eigenvalue weighted by atomic mass is 9.99. The van der Waals surface area contributed by atoms with Gasteiger partial charge in [0.1, 0.15) is 24.4 Å². The van der Waals surface area contributed by atoms with E-state index in [1.165, 1.54) is 122 Å². The Morgan fingerprint density at radius 2 is 0.889 bits per heavy atom. The van der Waals surface area contributed by atoms with Gasteiger partial charge in [-0.2, -0.15) is 0 Å². The summed E-state index contributed by atoms with van der Waals surface area (Å²) < 4.78 is 17.7. The lowest BCUT2D eigenvalue weighted by Crippen LogP contribution is -2.61. The summed E-state index contributed by atoms with van der Waals surface area (Å²) in [6.07, 6.45) is 64.7. The zero-order chi connectivity index (χ0) is 58.9. The smallest absolute Gasteiger partial charge is 0.306 e. The average molecular weight is 1140 g/mol. The average Bonchev–Trinajstić information content (AvgIpc) is 3.47. The largest absolute Gasteiger partial charge is 0.454 e. The van der Waals surface area contributed by atoms with E-state index >= 15 is 0 Å². The van der Waals surface area contributed by atoms with E-state index < -0.39 is 67.4 Å². The monoisotopic (exact) mass is 1140 g/mol. The maximum absolute atomic E-state index is 13.4. The molecule has 1 rings (SSSR count). The predicted molar refractivity (Wildman–Crippen MR) is 338 cm³/mol. The minimum atomic E-state index is -1.62. The summed E-state index contributed by atoms with van der Waals surface area (Å²) in [7, 11) is 0. The Labute approximate surface area is 495 Å². The van der Waals surface area contributed by atoms with Gasteiger partial charge in [0, 0.05) is 6.42 Å². The fraction of sp³-hybridized carbons (Fsp3) is 0.771. The van der Waals surface area contributed by atoms with Gasteiger partial charge >= 0.3 is 5.97 Å². The van der Waals surface area contributed by atoms with Gasteiger partial charge in [0.05, 0.1) is 25.4 Å². The van der Waals surface area contributed by atoms with Crippen molar-refractivity contribution in [3.8, 4) is 0 Å². The van der Waals surface area contributed by atoms with Gasteiger partial charge in [0.15, 0.2) is 12.4 Å². The molecular formula is C70H123NO10. The lowest BCUT2D eigenvalue weighted by molar-refractivity contribution is -0.305. The number of allylic oxidation sites excluding steroid dienone is 13. The van der Waals surface area contributed by atoms with E-state index in [2.05, 4.69) is 99.0 Å². The van der Waals surface area contributed by atoms with Crippen LogP contribution in [0.15, 0.2) is 85.1 Å². The number of carbonyl (C=O) groups is 2. The molecule has 0 aromatic carbocycles. The van der Waals surface area contributed by atoms with Crippen molar-refractivity contribution in [3.05, 3.63) is 85.1 Å². The van der Waals surface area contributed by atoms with Crippen LogP contribution in [0, 0.1) is 0 Å². The molecular weight excluding hydrogens is 1010 g/mol. The highest BCUT2D eigenvalue weighted by molar-refractivity contribution is 5.80. The van der Waals surface area contributed by atoms with E-state index in [-0.39, 0.29) is 13.0 Å². The number of rotatable bonds is 56. The van der Waals surface area contributed by atoms with Crippen LogP contribution in [0.1, 0.15) is 284 Å². The zero-order valence-electron chi connectivity index (χ0n) is 51.9. The van der Waals surface area contributed by atoms with Crippen LogP contribution in [-0.4, -0.2) is 99.6 Å². The number of aliphatic hydroxyl groups excluding tert-OH is 5. The second-order valence-electron chi connectivity index (χ2n) is 22.8. The molecule has 81 heavy (non-hydrogen) atoms.